The van der Waals surface area contributed by atoms with Crippen molar-refractivity contribution in [1.82, 2.24) is 19.7 Å². The maximum Gasteiger partial charge on any atom is 0.432 e. The van der Waals surface area contributed by atoms with Crippen molar-refractivity contribution in [2.24, 2.45) is 0 Å². The number of rotatable bonds is 7. The van der Waals surface area contributed by atoms with Gasteiger partial charge >= 0.3 is 6.18 Å². The van der Waals surface area contributed by atoms with Gasteiger partial charge in [-0.25, -0.2) is 0 Å². The van der Waals surface area contributed by atoms with Gasteiger partial charge in [-0.3, -0.25) is 9.78 Å². The molecule has 0 amide bonds. The van der Waals surface area contributed by atoms with Crippen LogP contribution in [0.3, 0.4) is 0 Å². The molecule has 0 radical (unpaired) electrons. The molecule has 0 fully saturated rings. The number of aromatic nitrogens is 4. The van der Waals surface area contributed by atoms with E-state index in [0.717, 1.165) is 4.57 Å². The van der Waals surface area contributed by atoms with Crippen LogP contribution in [0, 0.1) is 0 Å². The van der Waals surface area contributed by atoms with E-state index in [4.69, 9.17) is 32.5 Å². The second-order valence-electron chi connectivity index (χ2n) is 8.15. The first-order valence-corrected chi connectivity index (χ1v) is 12.0. The summed E-state index contributed by atoms with van der Waals surface area (Å²) in [6, 6.07) is 12.1. The maximum atomic E-state index is 14.7. The zero-order chi connectivity index (χ0) is 27.0. The number of carbonyl (C=O) groups is 1. The van der Waals surface area contributed by atoms with E-state index < -0.39 is 29.0 Å². The van der Waals surface area contributed by atoms with E-state index in [1.165, 1.54) is 48.8 Å². The van der Waals surface area contributed by atoms with Gasteiger partial charge in [-0.05, 0) is 55.0 Å². The minimum atomic E-state index is -4.93. The van der Waals surface area contributed by atoms with Crippen LogP contribution >= 0.6 is 23.2 Å². The largest absolute Gasteiger partial charge is 0.494 e. The fourth-order valence-electron chi connectivity index (χ4n) is 4.13. The van der Waals surface area contributed by atoms with E-state index in [0.29, 0.717) is 21.9 Å². The summed E-state index contributed by atoms with van der Waals surface area (Å²) >= 11 is 12.3. The predicted molar refractivity (Wildman–Crippen MR) is 135 cm³/mol. The lowest BCUT2D eigenvalue weighted by atomic mass is 10.0. The van der Waals surface area contributed by atoms with E-state index in [2.05, 4.69) is 15.1 Å². The molecule has 3 aromatic heterocycles. The number of halogens is 5. The molecule has 38 heavy (non-hydrogen) atoms. The molecule has 5 rings (SSSR count). The van der Waals surface area contributed by atoms with Gasteiger partial charge in [-0.2, -0.15) is 18.2 Å². The molecular formula is C26H17Cl2F3N4O3. The van der Waals surface area contributed by atoms with Gasteiger partial charge in [0.15, 0.2) is 0 Å². The van der Waals surface area contributed by atoms with Crippen LogP contribution in [0.15, 0.2) is 65.4 Å². The summed E-state index contributed by atoms with van der Waals surface area (Å²) in [5, 5.41) is 4.21. The van der Waals surface area contributed by atoms with Crippen LogP contribution in [0.4, 0.5) is 13.2 Å². The number of hydrogen-bond donors (Lipinski definition) is 0. The first-order valence-electron chi connectivity index (χ1n) is 11.3. The highest BCUT2D eigenvalue weighted by Crippen LogP contribution is 2.41. The topological polar surface area (TPSA) is 83.0 Å². The summed E-state index contributed by atoms with van der Waals surface area (Å²) in [6.45, 7) is 1.74. The van der Waals surface area contributed by atoms with Gasteiger partial charge in [0.2, 0.25) is 11.6 Å². The van der Waals surface area contributed by atoms with Crippen LogP contribution in [0.5, 0.6) is 5.75 Å². The van der Waals surface area contributed by atoms with E-state index >= 15 is 0 Å². The van der Waals surface area contributed by atoms with Gasteiger partial charge in [-0.15, -0.1) is 0 Å². The molecular weight excluding hydrogens is 544 g/mol. The van der Waals surface area contributed by atoms with Crippen LogP contribution in [-0.4, -0.2) is 32.1 Å². The van der Waals surface area contributed by atoms with E-state index in [1.54, 1.807) is 19.1 Å². The number of ketones is 1. The normalized spacial score (nSPS) is 11.7. The quantitative estimate of drug-likeness (QED) is 0.197. The third-order valence-electron chi connectivity index (χ3n) is 5.72. The summed E-state index contributed by atoms with van der Waals surface area (Å²) in [5.74, 6) is -1.34. The zero-order valence-corrected chi connectivity index (χ0v) is 21.1. The van der Waals surface area contributed by atoms with E-state index in [9.17, 15) is 18.0 Å². The third kappa shape index (κ3) is 4.84. The minimum Gasteiger partial charge on any atom is -0.494 e. The van der Waals surface area contributed by atoms with Crippen molar-refractivity contribution in [3.63, 3.8) is 0 Å². The minimum absolute atomic E-state index is 0.0195. The molecule has 0 aliphatic heterocycles. The second-order valence-corrected chi connectivity index (χ2v) is 8.99. The summed E-state index contributed by atoms with van der Waals surface area (Å²) in [5.41, 5.74) is -0.869. The lowest BCUT2D eigenvalue weighted by molar-refractivity contribution is -0.143. The Hall–Kier alpha value is -3.89. The average molecular weight is 561 g/mol. The van der Waals surface area contributed by atoms with Crippen LogP contribution in [0.25, 0.3) is 22.4 Å². The molecule has 0 aliphatic rings. The van der Waals surface area contributed by atoms with Crippen LogP contribution in [0.1, 0.15) is 34.4 Å². The van der Waals surface area contributed by atoms with Gasteiger partial charge < -0.3 is 13.8 Å². The Morgan fingerprint density at radius 1 is 1.13 bits per heavy atom. The Labute approximate surface area is 223 Å². The molecule has 12 heteroatoms. The lowest BCUT2D eigenvalue weighted by Gasteiger charge is -2.15. The van der Waals surface area contributed by atoms with Crippen molar-refractivity contribution in [1.29, 1.82) is 0 Å². The van der Waals surface area contributed by atoms with Crippen LogP contribution in [0.2, 0.25) is 10.0 Å². The molecule has 0 spiro atoms. The number of nitrogens with zero attached hydrogens (tertiary/aromatic N) is 4. The van der Waals surface area contributed by atoms with Gasteiger partial charge in [0.05, 0.1) is 17.7 Å². The summed E-state index contributed by atoms with van der Waals surface area (Å²) in [4.78, 5) is 21.6. The average Bonchev–Trinajstić information content (AvgIpc) is 3.49. The third-order valence-corrected chi connectivity index (χ3v) is 6.31. The van der Waals surface area contributed by atoms with Crippen molar-refractivity contribution in [3.05, 3.63) is 93.6 Å². The highest BCUT2D eigenvalue weighted by molar-refractivity contribution is 6.35. The number of alkyl halides is 3. The molecule has 194 valence electrons. The molecule has 5 aromatic rings. The van der Waals surface area contributed by atoms with Crippen LogP contribution < -0.4 is 4.74 Å². The first kappa shape index (κ1) is 25.7. The van der Waals surface area contributed by atoms with Gasteiger partial charge in [-0.1, -0.05) is 34.4 Å². The molecule has 0 atom stereocenters. The maximum absolute atomic E-state index is 14.7. The fourth-order valence-corrected chi connectivity index (χ4v) is 4.60. The second kappa shape index (κ2) is 10.1. The smallest absolute Gasteiger partial charge is 0.432 e. The number of ether oxygens (including phenoxy) is 1. The first-order chi connectivity index (χ1) is 18.2. The molecule has 0 saturated heterocycles. The Bertz CT molecular complexity index is 1650. The van der Waals surface area contributed by atoms with Crippen LogP contribution in [-0.2, 0) is 12.7 Å². The van der Waals surface area contributed by atoms with Crippen molar-refractivity contribution >= 4 is 39.9 Å². The Balaban J connectivity index is 1.73. The SMILES string of the molecule is CCOc1ccc2c(c1)c(C(=O)c1noc(-c3cccnc3)n1)c(C(F)(F)F)n2Cc1ccc(Cl)cc1Cl. The van der Waals surface area contributed by atoms with E-state index in [1.807, 2.05) is 0 Å². The number of benzene rings is 2. The number of hydrogen-bond acceptors (Lipinski definition) is 6. The van der Waals surface area contributed by atoms with Crippen molar-refractivity contribution in [2.45, 2.75) is 19.6 Å². The number of pyridine rings is 1. The van der Waals surface area contributed by atoms with Crippen molar-refractivity contribution < 1.29 is 27.2 Å². The highest BCUT2D eigenvalue weighted by atomic mass is 35.5. The lowest BCUT2D eigenvalue weighted by Crippen LogP contribution is -2.19. The number of carbonyl (C=O) groups excluding carboxylic acids is 1. The summed E-state index contributed by atoms with van der Waals surface area (Å²) in [6.07, 6.45) is -1.97. The van der Waals surface area contributed by atoms with Gasteiger partial charge in [0.1, 0.15) is 11.4 Å². The molecule has 7 nitrogen and oxygen atoms in total. The van der Waals surface area contributed by atoms with Crippen molar-refractivity contribution in [3.8, 4) is 17.2 Å². The monoisotopic (exact) mass is 560 g/mol. The molecule has 0 unspecified atom stereocenters. The predicted octanol–water partition coefficient (Wildman–Crippen LogP) is 7.09. The molecule has 3 heterocycles. The van der Waals surface area contributed by atoms with Crippen molar-refractivity contribution in [2.75, 3.05) is 6.61 Å². The van der Waals surface area contributed by atoms with Gasteiger partial charge in [0, 0.05) is 39.9 Å². The molecule has 0 aliphatic carbocycles. The Morgan fingerprint density at radius 2 is 1.95 bits per heavy atom. The zero-order valence-electron chi connectivity index (χ0n) is 19.6. The summed E-state index contributed by atoms with van der Waals surface area (Å²) in [7, 11) is 0. The highest BCUT2D eigenvalue weighted by Gasteiger charge is 2.42. The Morgan fingerprint density at radius 3 is 2.63 bits per heavy atom. The van der Waals surface area contributed by atoms with Gasteiger partial charge in [0.25, 0.3) is 5.89 Å². The molecule has 0 N–H and O–H groups in total. The Kier molecular flexibility index (Phi) is 6.85. The number of fused-ring (bicyclic) bond motifs is 1. The van der Waals surface area contributed by atoms with E-state index in [-0.39, 0.29) is 35.0 Å². The summed E-state index contributed by atoms with van der Waals surface area (Å²) < 4.78 is 55.7. The fraction of sp³-hybridized carbons (Fsp3) is 0.154. The molecule has 0 bridgehead atoms. The standard InChI is InChI=1S/C26H17Cl2F3N4O3/c1-2-37-17-7-8-20-18(11-17)21(22(36)24-33-25(38-34-24)14-4-3-9-32-12-14)23(26(29,30)31)35(20)13-15-5-6-16(27)10-19(15)28/h3-12H,2,13H2,1H3. The molecule has 2 aromatic carbocycles. The molecule has 0 saturated carbocycles.